The summed E-state index contributed by atoms with van der Waals surface area (Å²) >= 11 is 0. The van der Waals surface area contributed by atoms with E-state index < -0.39 is 0 Å². The minimum absolute atomic E-state index is 0.0873. The molecule has 2 N–H and O–H groups in total. The van der Waals surface area contributed by atoms with Crippen LogP contribution >= 0.6 is 0 Å². The van der Waals surface area contributed by atoms with Crippen molar-refractivity contribution in [3.05, 3.63) is 46.9 Å². The number of rotatable bonds is 4. The first-order valence-corrected chi connectivity index (χ1v) is 5.98. The highest BCUT2D eigenvalue weighted by atomic mass is 16.1. The van der Waals surface area contributed by atoms with Gasteiger partial charge < -0.3 is 5.41 Å². The van der Waals surface area contributed by atoms with Gasteiger partial charge in [-0.25, -0.2) is 0 Å². The fourth-order valence-corrected chi connectivity index (χ4v) is 2.01. The molecule has 18 heavy (non-hydrogen) atoms. The highest BCUT2D eigenvalue weighted by Crippen LogP contribution is 2.17. The molecule has 0 saturated heterocycles. The van der Waals surface area contributed by atoms with Gasteiger partial charge in [-0.05, 0) is 19.4 Å². The van der Waals surface area contributed by atoms with Gasteiger partial charge in [0, 0.05) is 18.3 Å². The summed E-state index contributed by atoms with van der Waals surface area (Å²) in [7, 11) is 0. The molecule has 1 aromatic carbocycles. The molecule has 0 aliphatic heterocycles. The quantitative estimate of drug-likeness (QED) is 0.797. The highest BCUT2D eigenvalue weighted by molar-refractivity contribution is 5.78. The summed E-state index contributed by atoms with van der Waals surface area (Å²) in [5.41, 5.74) is 2.11. The zero-order valence-electron chi connectivity index (χ0n) is 10.6. The molecule has 0 fully saturated rings. The van der Waals surface area contributed by atoms with Crippen molar-refractivity contribution in [2.45, 2.75) is 26.3 Å². The van der Waals surface area contributed by atoms with Crippen molar-refractivity contribution in [2.75, 3.05) is 0 Å². The maximum absolute atomic E-state index is 11.9. The van der Waals surface area contributed by atoms with Gasteiger partial charge in [0.05, 0.1) is 11.6 Å². The van der Waals surface area contributed by atoms with E-state index >= 15 is 0 Å². The molecule has 1 heterocycles. The maximum atomic E-state index is 11.9. The third-order valence-electron chi connectivity index (χ3n) is 2.90. The molecule has 2 aromatic rings. The van der Waals surface area contributed by atoms with Crippen LogP contribution in [0.2, 0.25) is 0 Å². The van der Waals surface area contributed by atoms with Gasteiger partial charge in [-0.3, -0.25) is 14.6 Å². The molecule has 94 valence electrons. The van der Waals surface area contributed by atoms with Gasteiger partial charge in [-0.1, -0.05) is 30.3 Å². The molecular weight excluding hydrogens is 226 g/mol. The molecular formula is C14H17N3O. The molecule has 0 unspecified atom stereocenters. The minimum Gasteiger partial charge on any atom is -0.310 e. The van der Waals surface area contributed by atoms with E-state index in [-0.39, 0.29) is 11.6 Å². The van der Waals surface area contributed by atoms with Crippen LogP contribution in [0, 0.1) is 5.41 Å². The second-order valence-electron chi connectivity index (χ2n) is 4.59. The Morgan fingerprint density at radius 2 is 2.06 bits per heavy atom. The van der Waals surface area contributed by atoms with Crippen LogP contribution in [0.25, 0.3) is 11.1 Å². The molecule has 0 radical (unpaired) electrons. The van der Waals surface area contributed by atoms with Crippen molar-refractivity contribution in [1.82, 2.24) is 9.78 Å². The van der Waals surface area contributed by atoms with E-state index in [2.05, 4.69) is 5.10 Å². The number of benzene rings is 1. The van der Waals surface area contributed by atoms with E-state index in [1.165, 1.54) is 0 Å². The normalized spacial score (nSPS) is 12.3. The number of nitrogens with one attached hydrogen (secondary N) is 2. The third-order valence-corrected chi connectivity index (χ3v) is 2.90. The molecule has 1 atom stereocenters. The average molecular weight is 243 g/mol. The van der Waals surface area contributed by atoms with Crippen molar-refractivity contribution in [3.8, 4) is 11.1 Å². The Hall–Kier alpha value is -2.10. The molecule has 4 nitrogen and oxygen atoms in total. The Labute approximate surface area is 106 Å². The zero-order chi connectivity index (χ0) is 13.1. The predicted molar refractivity (Wildman–Crippen MR) is 73.2 cm³/mol. The van der Waals surface area contributed by atoms with Crippen molar-refractivity contribution in [1.29, 1.82) is 5.41 Å². The molecule has 0 amide bonds. The molecule has 0 saturated carbocycles. The molecule has 1 aromatic heterocycles. The lowest BCUT2D eigenvalue weighted by molar-refractivity contribution is 0.502. The van der Waals surface area contributed by atoms with E-state index in [4.69, 9.17) is 5.41 Å². The van der Waals surface area contributed by atoms with Gasteiger partial charge in [0.15, 0.2) is 0 Å². The van der Waals surface area contributed by atoms with Crippen molar-refractivity contribution in [3.63, 3.8) is 0 Å². The van der Waals surface area contributed by atoms with Crippen LogP contribution in [-0.2, 0) is 0 Å². The van der Waals surface area contributed by atoms with E-state index in [9.17, 15) is 4.79 Å². The Balaban J connectivity index is 2.33. The van der Waals surface area contributed by atoms with Gasteiger partial charge in [0.25, 0.3) is 5.56 Å². The molecule has 2 rings (SSSR count). The third kappa shape index (κ3) is 2.59. The van der Waals surface area contributed by atoms with Crippen LogP contribution in [0.3, 0.4) is 0 Å². The van der Waals surface area contributed by atoms with Gasteiger partial charge >= 0.3 is 0 Å². The van der Waals surface area contributed by atoms with E-state index in [1.54, 1.807) is 11.6 Å². The monoisotopic (exact) mass is 243 g/mol. The predicted octanol–water partition coefficient (Wildman–Crippen LogP) is 2.83. The van der Waals surface area contributed by atoms with Crippen molar-refractivity contribution >= 4 is 5.71 Å². The van der Waals surface area contributed by atoms with Crippen LogP contribution in [0.15, 0.2) is 41.3 Å². The largest absolute Gasteiger partial charge is 0.310 e. The fraction of sp³-hybridized carbons (Fsp3) is 0.286. The second kappa shape index (κ2) is 5.04. The standard InChI is InChI=1S/C14H17N3O/c1-10(15)8-11(2)17-9-13(14(18)16-17)12-6-4-3-5-7-12/h3-7,9,11,15H,8H2,1-2H3,(H,16,18)/t11-/m1/s1. The molecule has 4 heteroatoms. The zero-order valence-corrected chi connectivity index (χ0v) is 10.6. The van der Waals surface area contributed by atoms with Gasteiger partial charge in [-0.15, -0.1) is 0 Å². The van der Waals surface area contributed by atoms with Gasteiger partial charge in [0.2, 0.25) is 0 Å². The van der Waals surface area contributed by atoms with Crippen LogP contribution in [0.5, 0.6) is 0 Å². The van der Waals surface area contributed by atoms with Crippen LogP contribution < -0.4 is 5.56 Å². The van der Waals surface area contributed by atoms with E-state index in [1.807, 2.05) is 43.5 Å². The first-order valence-electron chi connectivity index (χ1n) is 5.98. The molecule has 0 aliphatic rings. The summed E-state index contributed by atoms with van der Waals surface area (Å²) in [5.74, 6) is 0. The summed E-state index contributed by atoms with van der Waals surface area (Å²) < 4.78 is 1.78. The maximum Gasteiger partial charge on any atom is 0.271 e. The van der Waals surface area contributed by atoms with E-state index in [0.29, 0.717) is 17.7 Å². The van der Waals surface area contributed by atoms with Gasteiger partial charge in [-0.2, -0.15) is 0 Å². The van der Waals surface area contributed by atoms with Gasteiger partial charge in [0.1, 0.15) is 0 Å². The minimum atomic E-state index is -0.0873. The Kier molecular flexibility index (Phi) is 3.46. The lowest BCUT2D eigenvalue weighted by Gasteiger charge is -2.11. The lowest BCUT2D eigenvalue weighted by Crippen LogP contribution is -2.12. The Morgan fingerprint density at radius 3 is 2.67 bits per heavy atom. The molecule has 0 bridgehead atoms. The lowest BCUT2D eigenvalue weighted by atomic mass is 10.1. The number of aromatic nitrogens is 2. The number of hydrogen-bond donors (Lipinski definition) is 2. The number of aromatic amines is 1. The highest BCUT2D eigenvalue weighted by Gasteiger charge is 2.11. The topological polar surface area (TPSA) is 61.6 Å². The van der Waals surface area contributed by atoms with Crippen molar-refractivity contribution < 1.29 is 0 Å². The number of H-pyrrole nitrogens is 1. The number of hydrogen-bond acceptors (Lipinski definition) is 2. The summed E-state index contributed by atoms with van der Waals surface area (Å²) in [4.78, 5) is 11.9. The fourth-order valence-electron chi connectivity index (χ4n) is 2.01. The second-order valence-corrected chi connectivity index (χ2v) is 4.59. The summed E-state index contributed by atoms with van der Waals surface area (Å²) in [5, 5.41) is 10.3. The molecule has 0 spiro atoms. The van der Waals surface area contributed by atoms with Crippen LogP contribution in [0.4, 0.5) is 0 Å². The Morgan fingerprint density at radius 1 is 1.39 bits per heavy atom. The summed E-state index contributed by atoms with van der Waals surface area (Å²) in [6.07, 6.45) is 2.46. The van der Waals surface area contributed by atoms with Crippen molar-refractivity contribution in [2.24, 2.45) is 0 Å². The first-order chi connectivity index (χ1) is 8.58. The van der Waals surface area contributed by atoms with Crippen LogP contribution in [-0.4, -0.2) is 15.5 Å². The average Bonchev–Trinajstić information content (AvgIpc) is 2.72. The number of nitrogens with zero attached hydrogens (tertiary/aromatic N) is 1. The SMILES string of the molecule is CC(=N)C[C@@H](C)n1cc(-c2ccccc2)c(=O)[nH]1. The summed E-state index contributed by atoms with van der Waals surface area (Å²) in [6.45, 7) is 3.76. The van der Waals surface area contributed by atoms with E-state index in [0.717, 1.165) is 5.56 Å². The smallest absolute Gasteiger partial charge is 0.271 e. The Bertz CT molecular complexity index is 595. The first kappa shape index (κ1) is 12.4. The molecule has 0 aliphatic carbocycles. The van der Waals surface area contributed by atoms with Crippen LogP contribution in [0.1, 0.15) is 26.3 Å². The summed E-state index contributed by atoms with van der Waals surface area (Å²) in [6, 6.07) is 9.68.